The molecule has 5 atom stereocenters. The molecule has 2 bridgehead atoms. The number of hydrogen-bond donors (Lipinski definition) is 1. The molecule has 2 saturated carbocycles. The van der Waals surface area contributed by atoms with Gasteiger partial charge in [0.15, 0.2) is 11.5 Å². The van der Waals surface area contributed by atoms with Crippen molar-refractivity contribution in [3.8, 4) is 11.5 Å². The number of halogens is 2. The van der Waals surface area contributed by atoms with Crippen molar-refractivity contribution in [2.75, 3.05) is 13.7 Å². The molecule has 5 nitrogen and oxygen atoms in total. The molecule has 1 spiro atoms. The maximum atomic E-state index is 12.7. The molecule has 3 aliphatic rings. The van der Waals surface area contributed by atoms with Crippen LogP contribution in [-0.4, -0.2) is 32.3 Å². The van der Waals surface area contributed by atoms with E-state index in [-0.39, 0.29) is 46.3 Å². The van der Waals surface area contributed by atoms with Crippen LogP contribution in [0, 0.1) is 22.7 Å². The lowest BCUT2D eigenvalue weighted by Gasteiger charge is -2.53. The number of carbonyl (C=O) groups is 1. The van der Waals surface area contributed by atoms with Gasteiger partial charge >= 0.3 is 6.61 Å². The largest absolute Gasteiger partial charge is 0.493 e. The van der Waals surface area contributed by atoms with E-state index in [0.29, 0.717) is 18.9 Å². The van der Waals surface area contributed by atoms with Crippen LogP contribution in [0.25, 0.3) is 0 Å². The number of methoxy groups -OCH3 is 1. The second-order valence-electron chi connectivity index (χ2n) is 9.88. The van der Waals surface area contributed by atoms with Gasteiger partial charge in [-0.2, -0.15) is 8.78 Å². The molecule has 4 rings (SSSR count). The number of hydrogen-bond acceptors (Lipinski definition) is 4. The fourth-order valence-corrected chi connectivity index (χ4v) is 6.63. The van der Waals surface area contributed by atoms with Crippen molar-refractivity contribution in [2.24, 2.45) is 22.7 Å². The van der Waals surface area contributed by atoms with Gasteiger partial charge in [0, 0.05) is 19.1 Å². The first-order chi connectivity index (χ1) is 14.7. The number of fused-ring (bicyclic) bond motifs is 1. The summed E-state index contributed by atoms with van der Waals surface area (Å²) in [5.74, 6) is 1.19. The molecule has 1 amide bonds. The van der Waals surface area contributed by atoms with Crippen LogP contribution in [0.2, 0.25) is 0 Å². The highest BCUT2D eigenvalue weighted by Gasteiger charge is 2.68. The molecule has 1 unspecified atom stereocenters. The molecule has 1 aromatic rings. The van der Waals surface area contributed by atoms with E-state index in [1.807, 2.05) is 6.92 Å². The Kier molecular flexibility index (Phi) is 5.92. The summed E-state index contributed by atoms with van der Waals surface area (Å²) in [6, 6.07) is 5.19. The van der Waals surface area contributed by atoms with Gasteiger partial charge in [0.25, 0.3) is 0 Å². The molecule has 31 heavy (non-hydrogen) atoms. The van der Waals surface area contributed by atoms with E-state index in [1.165, 1.54) is 13.2 Å². The van der Waals surface area contributed by atoms with Gasteiger partial charge in [-0.05, 0) is 66.0 Å². The number of rotatable bonds is 7. The van der Waals surface area contributed by atoms with Gasteiger partial charge < -0.3 is 19.5 Å². The number of benzene rings is 1. The van der Waals surface area contributed by atoms with Crippen molar-refractivity contribution >= 4 is 5.91 Å². The predicted octanol–water partition coefficient (Wildman–Crippen LogP) is 5.10. The molecular weight excluding hydrogens is 404 g/mol. The molecule has 172 valence electrons. The molecule has 7 heteroatoms. The van der Waals surface area contributed by atoms with Gasteiger partial charge in [-0.15, -0.1) is 0 Å². The summed E-state index contributed by atoms with van der Waals surface area (Å²) in [7, 11) is 1.44. The van der Waals surface area contributed by atoms with Gasteiger partial charge in [-0.1, -0.05) is 26.8 Å². The first-order valence-electron chi connectivity index (χ1n) is 11.3. The fraction of sp³-hybridized carbons (Fsp3) is 0.708. The summed E-state index contributed by atoms with van der Waals surface area (Å²) < 4.78 is 41.6. The highest BCUT2D eigenvalue weighted by atomic mass is 19.3. The summed E-state index contributed by atoms with van der Waals surface area (Å²) >= 11 is 0. The highest BCUT2D eigenvalue weighted by molar-refractivity contribution is 5.76. The normalized spacial score (nSPS) is 33.3. The van der Waals surface area contributed by atoms with Crippen LogP contribution in [0.15, 0.2) is 18.2 Å². The van der Waals surface area contributed by atoms with Crippen LogP contribution >= 0.6 is 0 Å². The van der Waals surface area contributed by atoms with E-state index in [0.717, 1.165) is 31.2 Å². The molecule has 0 aromatic heterocycles. The average molecular weight is 438 g/mol. The Morgan fingerprint density at radius 3 is 2.77 bits per heavy atom. The highest BCUT2D eigenvalue weighted by Crippen LogP contribution is 2.70. The zero-order valence-electron chi connectivity index (χ0n) is 18.8. The van der Waals surface area contributed by atoms with Crippen molar-refractivity contribution in [2.45, 2.75) is 71.6 Å². The Morgan fingerprint density at radius 1 is 1.32 bits per heavy atom. The van der Waals surface area contributed by atoms with E-state index < -0.39 is 6.61 Å². The Labute approximate surface area is 182 Å². The smallest absolute Gasteiger partial charge is 0.387 e. The number of carbonyl (C=O) groups excluding carboxylic acids is 1. The van der Waals surface area contributed by atoms with Crippen molar-refractivity contribution in [3.05, 3.63) is 23.8 Å². The van der Waals surface area contributed by atoms with Crippen molar-refractivity contribution in [1.82, 2.24) is 5.32 Å². The SMILES string of the molecule is CCCC(=O)N[C@H]1C(C)(C)[C@@H]2C[C@@H]3[C@@H](c4ccc(OC(F)F)c(OC)c4)OCCC31C2. The zero-order valence-corrected chi connectivity index (χ0v) is 18.8. The molecule has 1 saturated heterocycles. The van der Waals surface area contributed by atoms with Crippen molar-refractivity contribution < 1.29 is 27.8 Å². The van der Waals surface area contributed by atoms with E-state index in [2.05, 4.69) is 23.9 Å². The quantitative estimate of drug-likeness (QED) is 0.645. The third-order valence-corrected chi connectivity index (χ3v) is 8.02. The number of ether oxygens (including phenoxy) is 3. The minimum absolute atomic E-state index is 0.00807. The molecule has 0 radical (unpaired) electrons. The predicted molar refractivity (Wildman–Crippen MR) is 112 cm³/mol. The minimum Gasteiger partial charge on any atom is -0.493 e. The average Bonchev–Trinajstić information content (AvgIpc) is 3.20. The summed E-state index contributed by atoms with van der Waals surface area (Å²) in [6.45, 7) is 4.29. The van der Waals surface area contributed by atoms with E-state index in [4.69, 9.17) is 9.47 Å². The van der Waals surface area contributed by atoms with Gasteiger partial charge in [0.2, 0.25) is 5.91 Å². The summed E-state index contributed by atoms with van der Waals surface area (Å²) in [6.07, 6.45) is 4.27. The van der Waals surface area contributed by atoms with Gasteiger partial charge in [0.05, 0.1) is 13.2 Å². The van der Waals surface area contributed by atoms with Crippen LogP contribution in [0.4, 0.5) is 8.78 Å². The van der Waals surface area contributed by atoms with Crippen LogP contribution in [0.5, 0.6) is 11.5 Å². The van der Waals surface area contributed by atoms with E-state index >= 15 is 0 Å². The van der Waals surface area contributed by atoms with Gasteiger partial charge in [-0.25, -0.2) is 0 Å². The van der Waals surface area contributed by atoms with E-state index in [1.54, 1.807) is 12.1 Å². The molecule has 1 aliphatic heterocycles. The van der Waals surface area contributed by atoms with Gasteiger partial charge in [0.1, 0.15) is 0 Å². The Morgan fingerprint density at radius 2 is 2.10 bits per heavy atom. The molecule has 1 N–H and O–H groups in total. The maximum Gasteiger partial charge on any atom is 0.387 e. The lowest BCUT2D eigenvalue weighted by Crippen LogP contribution is -2.58. The molecule has 1 heterocycles. The summed E-state index contributed by atoms with van der Waals surface area (Å²) in [4.78, 5) is 12.6. The first-order valence-corrected chi connectivity index (χ1v) is 11.3. The third kappa shape index (κ3) is 3.69. The fourth-order valence-electron chi connectivity index (χ4n) is 6.63. The maximum absolute atomic E-state index is 12.7. The van der Waals surface area contributed by atoms with Crippen LogP contribution in [0.1, 0.15) is 64.5 Å². The molecular formula is C24H33F2NO4. The Bertz CT molecular complexity index is 830. The molecule has 3 fully saturated rings. The zero-order chi connectivity index (χ0) is 22.4. The van der Waals surface area contributed by atoms with Crippen LogP contribution in [0.3, 0.4) is 0 Å². The van der Waals surface area contributed by atoms with Crippen LogP contribution < -0.4 is 14.8 Å². The molecule has 2 aliphatic carbocycles. The van der Waals surface area contributed by atoms with Crippen molar-refractivity contribution in [3.63, 3.8) is 0 Å². The second-order valence-corrected chi connectivity index (χ2v) is 9.88. The minimum atomic E-state index is -2.91. The number of amides is 1. The first kappa shape index (κ1) is 22.3. The summed E-state index contributed by atoms with van der Waals surface area (Å²) in [5.41, 5.74) is 0.937. The Hall–Kier alpha value is -1.89. The monoisotopic (exact) mass is 437 g/mol. The van der Waals surface area contributed by atoms with E-state index in [9.17, 15) is 13.6 Å². The Balaban J connectivity index is 1.64. The molecule has 1 aromatic carbocycles. The summed E-state index contributed by atoms with van der Waals surface area (Å²) in [5, 5.41) is 3.39. The third-order valence-electron chi connectivity index (χ3n) is 8.02. The number of alkyl halides is 2. The number of nitrogens with one attached hydrogen (secondary N) is 1. The second kappa shape index (κ2) is 8.23. The standard InChI is InChI=1S/C24H33F2NO4/c1-5-6-19(28)27-21-23(2,3)15-12-16-20(30-10-9-24(16,21)13-15)14-7-8-17(31-22(25)26)18(11-14)29-4/h7-8,11,15-16,20-22H,5-6,9-10,12-13H2,1-4H3,(H,27,28)/t15-,16-,20-,21+,24?/m1/s1. The van der Waals surface area contributed by atoms with Crippen LogP contribution in [-0.2, 0) is 9.53 Å². The van der Waals surface area contributed by atoms with Gasteiger partial charge in [-0.3, -0.25) is 4.79 Å². The topological polar surface area (TPSA) is 56.8 Å². The lowest BCUT2D eigenvalue weighted by atomic mass is 9.59. The van der Waals surface area contributed by atoms with Crippen molar-refractivity contribution in [1.29, 1.82) is 0 Å². The lowest BCUT2D eigenvalue weighted by molar-refractivity contribution is -0.137.